The van der Waals surface area contributed by atoms with Crippen LogP contribution in [0.4, 0.5) is 8.78 Å². The Morgan fingerprint density at radius 2 is 2.11 bits per heavy atom. The topological polar surface area (TPSA) is 76.0 Å². The number of carbonyl (C=O) groups is 1. The van der Waals surface area contributed by atoms with Crippen molar-refractivity contribution >= 4 is 21.9 Å². The van der Waals surface area contributed by atoms with Crippen molar-refractivity contribution in [2.45, 2.75) is 12.0 Å². The molecule has 0 amide bonds. The Bertz CT molecular complexity index is 505. The number of halogens is 3. The molecule has 18 heavy (non-hydrogen) atoms. The van der Waals surface area contributed by atoms with Crippen LogP contribution in [-0.2, 0) is 4.79 Å². The van der Waals surface area contributed by atoms with E-state index in [-0.39, 0.29) is 18.1 Å². The van der Waals surface area contributed by atoms with E-state index in [0.717, 1.165) is 12.1 Å². The molecule has 0 bridgehead atoms. The average Bonchev–Trinajstić information content (AvgIpc) is 2.76. The lowest BCUT2D eigenvalue weighted by molar-refractivity contribution is -0.182. The fourth-order valence-corrected chi connectivity index (χ4v) is 2.05. The first kappa shape index (κ1) is 13.0. The summed E-state index contributed by atoms with van der Waals surface area (Å²) >= 11 is 3.06. The Hall–Kier alpha value is -1.41. The van der Waals surface area contributed by atoms with Crippen LogP contribution in [0.2, 0.25) is 0 Å². The maximum Gasteiger partial charge on any atom is 0.377 e. The monoisotopic (exact) mass is 324 g/mol. The number of hydrogen-bond acceptors (Lipinski definition) is 4. The lowest BCUT2D eigenvalue weighted by Crippen LogP contribution is -2.35. The summed E-state index contributed by atoms with van der Waals surface area (Å²) in [6.45, 7) is -0.0667. The molecule has 0 aromatic heterocycles. The first-order chi connectivity index (χ1) is 8.34. The van der Waals surface area contributed by atoms with Gasteiger partial charge in [0.25, 0.3) is 0 Å². The standard InChI is InChI=1S/C10H7BrF2O5/c11-5-1-4(2-6-7(5)18-3-17-6)8(14)10(12,13)9(15)16/h1-2,8,14H,3H2,(H,15,16). The summed E-state index contributed by atoms with van der Waals surface area (Å²) < 4.78 is 36.7. The molecule has 1 heterocycles. The largest absolute Gasteiger partial charge is 0.477 e. The average molecular weight is 325 g/mol. The molecular formula is C10H7BrF2O5. The van der Waals surface area contributed by atoms with Crippen molar-refractivity contribution in [2.24, 2.45) is 0 Å². The first-order valence-corrected chi connectivity index (χ1v) is 5.51. The molecule has 0 spiro atoms. The third kappa shape index (κ3) is 2.01. The van der Waals surface area contributed by atoms with E-state index in [1.807, 2.05) is 0 Å². The smallest absolute Gasteiger partial charge is 0.377 e. The maximum absolute atomic E-state index is 13.2. The van der Waals surface area contributed by atoms with Gasteiger partial charge in [0.05, 0.1) is 4.47 Å². The maximum atomic E-state index is 13.2. The second-order valence-corrected chi connectivity index (χ2v) is 4.42. The number of ether oxygens (including phenoxy) is 2. The van der Waals surface area contributed by atoms with Crippen molar-refractivity contribution < 1.29 is 33.3 Å². The van der Waals surface area contributed by atoms with Gasteiger partial charge in [0.1, 0.15) is 0 Å². The molecule has 0 aliphatic carbocycles. The van der Waals surface area contributed by atoms with Gasteiger partial charge in [-0.05, 0) is 33.6 Å². The van der Waals surface area contributed by atoms with Crippen LogP contribution in [0.1, 0.15) is 11.7 Å². The Morgan fingerprint density at radius 1 is 1.44 bits per heavy atom. The lowest BCUT2D eigenvalue weighted by atomic mass is 10.0. The Morgan fingerprint density at radius 3 is 2.72 bits per heavy atom. The second-order valence-electron chi connectivity index (χ2n) is 3.57. The third-order valence-electron chi connectivity index (χ3n) is 2.39. The second kappa shape index (κ2) is 4.36. The SMILES string of the molecule is O=C(O)C(F)(F)C(O)c1cc(Br)c2c(c1)OCO2. The summed E-state index contributed by atoms with van der Waals surface area (Å²) in [7, 11) is 0. The number of rotatable bonds is 3. The van der Waals surface area contributed by atoms with Crippen molar-refractivity contribution in [2.75, 3.05) is 6.79 Å². The van der Waals surface area contributed by atoms with E-state index in [1.165, 1.54) is 0 Å². The highest BCUT2D eigenvalue weighted by atomic mass is 79.9. The Labute approximate surface area is 108 Å². The van der Waals surface area contributed by atoms with Gasteiger partial charge in [-0.25, -0.2) is 4.79 Å². The molecule has 1 aliphatic heterocycles. The molecule has 0 fully saturated rings. The lowest BCUT2D eigenvalue weighted by Gasteiger charge is -2.19. The molecule has 1 aromatic rings. The molecule has 0 saturated carbocycles. The molecule has 1 aromatic carbocycles. The highest BCUT2D eigenvalue weighted by molar-refractivity contribution is 9.10. The van der Waals surface area contributed by atoms with Crippen LogP contribution in [0.5, 0.6) is 11.5 Å². The van der Waals surface area contributed by atoms with Crippen molar-refractivity contribution in [3.8, 4) is 11.5 Å². The normalized spacial score (nSPS) is 15.6. The van der Waals surface area contributed by atoms with E-state index >= 15 is 0 Å². The number of aliphatic hydroxyl groups is 1. The fraction of sp³-hybridized carbons (Fsp3) is 0.300. The van der Waals surface area contributed by atoms with Gasteiger partial charge in [-0.3, -0.25) is 0 Å². The molecule has 1 unspecified atom stereocenters. The van der Waals surface area contributed by atoms with E-state index in [0.29, 0.717) is 10.2 Å². The molecule has 2 rings (SSSR count). The van der Waals surface area contributed by atoms with E-state index in [9.17, 15) is 18.7 Å². The number of hydrogen-bond donors (Lipinski definition) is 2. The number of carboxylic acid groups (broad SMARTS) is 1. The minimum Gasteiger partial charge on any atom is -0.477 e. The Kier molecular flexibility index (Phi) is 3.16. The van der Waals surface area contributed by atoms with Crippen molar-refractivity contribution in [1.29, 1.82) is 0 Å². The molecule has 1 atom stereocenters. The highest BCUT2D eigenvalue weighted by Gasteiger charge is 2.48. The Balaban J connectivity index is 2.41. The van der Waals surface area contributed by atoms with E-state index < -0.39 is 18.0 Å². The zero-order chi connectivity index (χ0) is 13.5. The summed E-state index contributed by atoms with van der Waals surface area (Å²) in [4.78, 5) is 10.4. The molecular weight excluding hydrogens is 318 g/mol. The molecule has 8 heteroatoms. The van der Waals surface area contributed by atoms with Crippen LogP contribution in [0.25, 0.3) is 0 Å². The van der Waals surface area contributed by atoms with Gasteiger partial charge in [-0.15, -0.1) is 0 Å². The predicted molar refractivity (Wildman–Crippen MR) is 57.8 cm³/mol. The summed E-state index contributed by atoms with van der Waals surface area (Å²) in [6, 6.07) is 2.28. The minimum atomic E-state index is -4.28. The number of alkyl halides is 2. The van der Waals surface area contributed by atoms with Gasteiger partial charge in [0.2, 0.25) is 6.79 Å². The van der Waals surface area contributed by atoms with Crippen molar-refractivity contribution in [3.05, 3.63) is 22.2 Å². The van der Waals surface area contributed by atoms with E-state index in [2.05, 4.69) is 15.9 Å². The number of aliphatic carboxylic acids is 1. The first-order valence-electron chi connectivity index (χ1n) is 4.72. The molecule has 0 radical (unpaired) electrons. The molecule has 5 nitrogen and oxygen atoms in total. The van der Waals surface area contributed by atoms with Gasteiger partial charge in [-0.1, -0.05) is 0 Å². The fourth-order valence-electron chi connectivity index (χ4n) is 1.47. The van der Waals surface area contributed by atoms with Crippen LogP contribution >= 0.6 is 15.9 Å². The highest BCUT2D eigenvalue weighted by Crippen LogP contribution is 2.43. The summed E-state index contributed by atoms with van der Waals surface area (Å²) in [5.41, 5.74) is -0.279. The van der Waals surface area contributed by atoms with Crippen LogP contribution in [0.15, 0.2) is 16.6 Å². The van der Waals surface area contributed by atoms with Gasteiger partial charge in [0, 0.05) is 0 Å². The van der Waals surface area contributed by atoms with Gasteiger partial charge in [-0.2, -0.15) is 8.78 Å². The number of carboxylic acids is 1. The van der Waals surface area contributed by atoms with Crippen LogP contribution in [-0.4, -0.2) is 28.9 Å². The summed E-state index contributed by atoms with van der Waals surface area (Å²) in [5.74, 6) is -6.19. The van der Waals surface area contributed by atoms with E-state index in [4.69, 9.17) is 14.6 Å². The van der Waals surface area contributed by atoms with Gasteiger partial charge < -0.3 is 19.7 Å². The molecule has 1 aliphatic rings. The molecule has 98 valence electrons. The zero-order valence-electron chi connectivity index (χ0n) is 8.69. The molecule has 0 saturated heterocycles. The van der Waals surface area contributed by atoms with Crippen LogP contribution < -0.4 is 9.47 Å². The number of benzene rings is 1. The zero-order valence-corrected chi connectivity index (χ0v) is 10.3. The van der Waals surface area contributed by atoms with Gasteiger partial charge >= 0.3 is 11.9 Å². The number of fused-ring (bicyclic) bond motifs is 1. The minimum absolute atomic E-state index is 0.0667. The predicted octanol–water partition coefficient (Wildman–Crippen LogP) is 1.93. The van der Waals surface area contributed by atoms with Crippen molar-refractivity contribution in [1.82, 2.24) is 0 Å². The van der Waals surface area contributed by atoms with Crippen LogP contribution in [0, 0.1) is 0 Å². The van der Waals surface area contributed by atoms with Crippen molar-refractivity contribution in [3.63, 3.8) is 0 Å². The third-order valence-corrected chi connectivity index (χ3v) is 2.98. The summed E-state index contributed by atoms with van der Waals surface area (Å²) in [5, 5.41) is 17.8. The van der Waals surface area contributed by atoms with Gasteiger partial charge in [0.15, 0.2) is 17.6 Å². The quantitative estimate of drug-likeness (QED) is 0.888. The van der Waals surface area contributed by atoms with Crippen LogP contribution in [0.3, 0.4) is 0 Å². The molecule has 2 N–H and O–H groups in total. The summed E-state index contributed by atoms with van der Waals surface area (Å²) in [6.07, 6.45) is -2.47. The number of aliphatic hydroxyl groups excluding tert-OH is 1. The van der Waals surface area contributed by atoms with E-state index in [1.54, 1.807) is 0 Å².